The Labute approximate surface area is 175 Å². The maximum absolute atomic E-state index is 12.3. The van der Waals surface area contributed by atoms with Crippen molar-refractivity contribution in [2.24, 2.45) is 5.73 Å². The van der Waals surface area contributed by atoms with E-state index in [0.717, 1.165) is 22.9 Å². The van der Waals surface area contributed by atoms with Gasteiger partial charge in [0.25, 0.3) is 0 Å². The molecule has 0 unspecified atom stereocenters. The Morgan fingerprint density at radius 3 is 2.29 bits per heavy atom. The molecule has 31 heavy (non-hydrogen) atoms. The number of rotatable bonds is 4. The fraction of sp³-hybridized carbons (Fsp3) is 0.136. The lowest BCUT2D eigenvalue weighted by Gasteiger charge is -2.05. The summed E-state index contributed by atoms with van der Waals surface area (Å²) in [5.41, 5.74) is 5.42. The topological polar surface area (TPSA) is 102 Å². The zero-order valence-corrected chi connectivity index (χ0v) is 16.1. The third kappa shape index (κ3) is 5.67. The molecule has 0 aliphatic carbocycles. The molecule has 0 spiro atoms. The van der Waals surface area contributed by atoms with E-state index in [-0.39, 0.29) is 30.7 Å². The van der Waals surface area contributed by atoms with Gasteiger partial charge in [0.05, 0.1) is 18.6 Å². The van der Waals surface area contributed by atoms with Crippen LogP contribution in [0.2, 0.25) is 0 Å². The molecule has 1 heterocycles. The number of aliphatic hydroxyl groups is 1. The third-order valence-electron chi connectivity index (χ3n) is 4.30. The normalized spacial score (nSPS) is 11.1. The summed E-state index contributed by atoms with van der Waals surface area (Å²) < 4.78 is 41.9. The molecule has 0 fully saturated rings. The lowest BCUT2D eigenvalue weighted by Crippen LogP contribution is -2.10. The van der Waals surface area contributed by atoms with Gasteiger partial charge in [-0.25, -0.2) is 0 Å². The molecule has 0 radical (unpaired) electrons. The summed E-state index contributed by atoms with van der Waals surface area (Å²) >= 11 is 0. The van der Waals surface area contributed by atoms with Gasteiger partial charge in [0.2, 0.25) is 17.6 Å². The van der Waals surface area contributed by atoms with Gasteiger partial charge < -0.3 is 15.4 Å². The molecule has 0 aliphatic heterocycles. The van der Waals surface area contributed by atoms with Gasteiger partial charge in [0.15, 0.2) is 0 Å². The predicted molar refractivity (Wildman–Crippen MR) is 108 cm³/mol. The van der Waals surface area contributed by atoms with Crippen LogP contribution in [-0.2, 0) is 12.6 Å². The summed E-state index contributed by atoms with van der Waals surface area (Å²) in [4.78, 5) is 14.8. The van der Waals surface area contributed by atoms with E-state index in [2.05, 4.69) is 10.1 Å². The van der Waals surface area contributed by atoms with Crippen LogP contribution < -0.4 is 5.73 Å². The average molecular weight is 429 g/mol. The number of carbonyl (C=O) groups excluding carboxylic acids is 1. The van der Waals surface area contributed by atoms with Gasteiger partial charge in [-0.2, -0.15) is 18.2 Å². The number of carbonyl (C=O) groups is 1. The van der Waals surface area contributed by atoms with E-state index in [0.29, 0.717) is 11.1 Å². The predicted octanol–water partition coefficient (Wildman–Crippen LogP) is 4.23. The van der Waals surface area contributed by atoms with Crippen molar-refractivity contribution in [1.82, 2.24) is 10.1 Å². The van der Waals surface area contributed by atoms with E-state index in [1.54, 1.807) is 12.1 Å². The smallest absolute Gasteiger partial charge is 0.396 e. The summed E-state index contributed by atoms with van der Waals surface area (Å²) in [5.74, 6) is 0.0605. The van der Waals surface area contributed by atoms with Crippen LogP contribution in [0.25, 0.3) is 22.2 Å². The van der Waals surface area contributed by atoms with Crippen molar-refractivity contribution in [3.05, 3.63) is 83.7 Å². The number of aliphatic hydroxyl groups excluding tert-OH is 1. The molecule has 4 aromatic rings. The first-order valence-corrected chi connectivity index (χ1v) is 9.17. The summed E-state index contributed by atoms with van der Waals surface area (Å²) in [6.45, 7) is -0.130. The molecule has 0 aliphatic rings. The molecular formula is C22H18F3N3O3. The molecule has 160 valence electrons. The second-order valence-electron chi connectivity index (χ2n) is 6.49. The molecule has 3 aromatic carbocycles. The van der Waals surface area contributed by atoms with E-state index in [1.165, 1.54) is 12.1 Å². The van der Waals surface area contributed by atoms with Crippen LogP contribution in [0.3, 0.4) is 0 Å². The molecule has 1 amide bonds. The minimum Gasteiger partial charge on any atom is -0.396 e. The van der Waals surface area contributed by atoms with Crippen LogP contribution in [0.5, 0.6) is 0 Å². The van der Waals surface area contributed by atoms with E-state index >= 15 is 0 Å². The number of fused-ring (bicyclic) bond motifs is 1. The first-order chi connectivity index (χ1) is 14.8. The fourth-order valence-electron chi connectivity index (χ4n) is 2.72. The fourth-order valence-corrected chi connectivity index (χ4v) is 2.72. The van der Waals surface area contributed by atoms with Crippen molar-refractivity contribution in [2.75, 3.05) is 6.61 Å². The molecule has 0 saturated carbocycles. The Morgan fingerprint density at radius 1 is 1.00 bits per heavy atom. The summed E-state index contributed by atoms with van der Waals surface area (Å²) in [7, 11) is 0. The number of nitrogens with zero attached hydrogens (tertiary/aromatic N) is 2. The van der Waals surface area contributed by atoms with Crippen LogP contribution in [0.15, 0.2) is 71.3 Å². The van der Waals surface area contributed by atoms with Gasteiger partial charge in [0.1, 0.15) is 0 Å². The quantitative estimate of drug-likeness (QED) is 0.506. The van der Waals surface area contributed by atoms with Crippen LogP contribution >= 0.6 is 0 Å². The second-order valence-corrected chi connectivity index (χ2v) is 6.49. The van der Waals surface area contributed by atoms with E-state index < -0.39 is 11.7 Å². The van der Waals surface area contributed by atoms with Crippen LogP contribution in [0.4, 0.5) is 13.2 Å². The number of hydrogen-bond donors (Lipinski definition) is 2. The summed E-state index contributed by atoms with van der Waals surface area (Å²) in [5, 5.41) is 14.4. The number of halogens is 3. The zero-order valence-electron chi connectivity index (χ0n) is 16.1. The standard InChI is InChI=1S/C11H9F3N2O2.C11H9NO/c12-11(13,14)8-3-1-7(2-4-8)10-15-9(5-6-17)18-16-10;12-11(13)10-6-5-8-3-1-2-4-9(8)7-10/h1-4,17H,5-6H2;1-7H,(H2,12,13). The van der Waals surface area contributed by atoms with Crippen molar-refractivity contribution < 1.29 is 27.6 Å². The number of aromatic nitrogens is 2. The maximum Gasteiger partial charge on any atom is 0.416 e. The minimum absolute atomic E-state index is 0.130. The number of amides is 1. The minimum atomic E-state index is -4.36. The van der Waals surface area contributed by atoms with E-state index in [4.69, 9.17) is 15.4 Å². The number of benzene rings is 3. The summed E-state index contributed by atoms with van der Waals surface area (Å²) in [6.07, 6.45) is -4.15. The van der Waals surface area contributed by atoms with Gasteiger partial charge in [-0.15, -0.1) is 0 Å². The molecule has 0 saturated heterocycles. The van der Waals surface area contributed by atoms with Gasteiger partial charge in [-0.3, -0.25) is 4.79 Å². The number of primary amides is 1. The number of alkyl halides is 3. The zero-order chi connectivity index (χ0) is 22.4. The largest absolute Gasteiger partial charge is 0.416 e. The van der Waals surface area contributed by atoms with Crippen molar-refractivity contribution in [3.8, 4) is 11.4 Å². The van der Waals surface area contributed by atoms with Gasteiger partial charge in [-0.05, 0) is 35.0 Å². The molecule has 4 rings (SSSR count). The Kier molecular flexibility index (Phi) is 6.66. The third-order valence-corrected chi connectivity index (χ3v) is 4.30. The van der Waals surface area contributed by atoms with Crippen molar-refractivity contribution in [2.45, 2.75) is 12.6 Å². The van der Waals surface area contributed by atoms with Crippen LogP contribution in [0.1, 0.15) is 21.8 Å². The second kappa shape index (κ2) is 9.40. The molecule has 1 aromatic heterocycles. The molecular weight excluding hydrogens is 411 g/mol. The van der Waals surface area contributed by atoms with Crippen molar-refractivity contribution in [3.63, 3.8) is 0 Å². The Bertz CT molecular complexity index is 1170. The van der Waals surface area contributed by atoms with E-state index in [9.17, 15) is 18.0 Å². The van der Waals surface area contributed by atoms with Gasteiger partial charge in [-0.1, -0.05) is 47.6 Å². The average Bonchev–Trinajstić information content (AvgIpc) is 3.22. The lowest BCUT2D eigenvalue weighted by atomic mass is 10.1. The van der Waals surface area contributed by atoms with Gasteiger partial charge in [0, 0.05) is 11.1 Å². The van der Waals surface area contributed by atoms with Crippen LogP contribution in [0, 0.1) is 0 Å². The lowest BCUT2D eigenvalue weighted by molar-refractivity contribution is -0.137. The molecule has 9 heteroatoms. The van der Waals surface area contributed by atoms with E-state index in [1.807, 2.05) is 30.3 Å². The highest BCUT2D eigenvalue weighted by Crippen LogP contribution is 2.30. The summed E-state index contributed by atoms with van der Waals surface area (Å²) in [6, 6.07) is 17.8. The maximum atomic E-state index is 12.3. The highest BCUT2D eigenvalue weighted by molar-refractivity contribution is 5.97. The Balaban J connectivity index is 0.000000185. The molecule has 0 atom stereocenters. The molecule has 3 N–H and O–H groups in total. The highest BCUT2D eigenvalue weighted by atomic mass is 19.4. The Morgan fingerprint density at radius 2 is 1.68 bits per heavy atom. The SMILES string of the molecule is NC(=O)c1ccc2ccccc2c1.OCCc1nc(-c2ccc(C(F)(F)F)cc2)no1. The highest BCUT2D eigenvalue weighted by Gasteiger charge is 2.30. The first-order valence-electron chi connectivity index (χ1n) is 9.17. The van der Waals surface area contributed by atoms with Crippen LogP contribution in [-0.4, -0.2) is 27.8 Å². The van der Waals surface area contributed by atoms with Gasteiger partial charge >= 0.3 is 6.18 Å². The van der Waals surface area contributed by atoms with Crippen molar-refractivity contribution >= 4 is 16.7 Å². The van der Waals surface area contributed by atoms with Crippen molar-refractivity contribution in [1.29, 1.82) is 0 Å². The number of hydrogen-bond acceptors (Lipinski definition) is 5. The first kappa shape index (κ1) is 22.0. The monoisotopic (exact) mass is 429 g/mol. The number of nitrogens with two attached hydrogens (primary N) is 1. The Hall–Kier alpha value is -3.72. The molecule has 6 nitrogen and oxygen atoms in total. The molecule has 0 bridgehead atoms.